The van der Waals surface area contributed by atoms with Gasteiger partial charge in [0.1, 0.15) is 18.7 Å². The van der Waals surface area contributed by atoms with Crippen LogP contribution in [0.4, 0.5) is 0 Å². The molecule has 0 spiro atoms. The lowest BCUT2D eigenvalue weighted by molar-refractivity contribution is -0.0150. The van der Waals surface area contributed by atoms with Gasteiger partial charge in [-0.25, -0.2) is 28.1 Å². The van der Waals surface area contributed by atoms with E-state index in [1.54, 1.807) is 41.5 Å². The molecule has 9 heteroatoms. The van der Waals surface area contributed by atoms with Gasteiger partial charge in [-0.15, -0.1) is 0 Å². The van der Waals surface area contributed by atoms with Gasteiger partial charge in [0.15, 0.2) is 0 Å². The van der Waals surface area contributed by atoms with E-state index in [4.69, 9.17) is 14.2 Å². The molecule has 1 aromatic heterocycles. The number of aromatic nitrogens is 3. The molecule has 0 radical (unpaired) electrons. The number of ether oxygens (including phenoxy) is 3. The Morgan fingerprint density at radius 1 is 0.633 bits per heavy atom. The first kappa shape index (κ1) is 25.5. The molecular weight excluding hydrogens is 390 g/mol. The Kier molecular flexibility index (Phi) is 9.41. The smallest absolute Gasteiger partial charge is 0.340 e. The fraction of sp³-hybridized carbons (Fsp3) is 0.571. The van der Waals surface area contributed by atoms with Gasteiger partial charge in [-0.05, 0) is 41.5 Å². The molecule has 1 heterocycles. The molecule has 0 bridgehead atoms. The molecular formula is C21H33N3O6. The van der Waals surface area contributed by atoms with Gasteiger partial charge in [0.25, 0.3) is 0 Å². The molecule has 3 unspecified atom stereocenters. The molecule has 0 aromatic carbocycles. The van der Waals surface area contributed by atoms with Crippen molar-refractivity contribution in [2.45, 2.75) is 60.2 Å². The van der Waals surface area contributed by atoms with Gasteiger partial charge in [-0.2, -0.15) is 0 Å². The van der Waals surface area contributed by atoms with Crippen LogP contribution in [-0.2, 0) is 14.2 Å². The highest BCUT2D eigenvalue weighted by molar-refractivity contribution is 4.90. The summed E-state index contributed by atoms with van der Waals surface area (Å²) in [6.45, 7) is 21.6. The summed E-state index contributed by atoms with van der Waals surface area (Å²) in [5.41, 5.74) is -0.343. The third-order valence-electron chi connectivity index (χ3n) is 4.04. The van der Waals surface area contributed by atoms with Crippen LogP contribution in [0.15, 0.2) is 50.8 Å². The zero-order valence-electron chi connectivity index (χ0n) is 18.8. The van der Waals surface area contributed by atoms with Gasteiger partial charge in [-0.1, -0.05) is 36.5 Å². The number of hydrogen-bond acceptors (Lipinski definition) is 6. The Bertz CT molecular complexity index is 814. The summed E-state index contributed by atoms with van der Waals surface area (Å²) in [6.07, 6.45) is -2.83. The van der Waals surface area contributed by atoms with Gasteiger partial charge < -0.3 is 14.2 Å². The molecule has 30 heavy (non-hydrogen) atoms. The molecule has 168 valence electrons. The monoisotopic (exact) mass is 423 g/mol. The van der Waals surface area contributed by atoms with Gasteiger partial charge in [0.2, 0.25) is 0 Å². The third kappa shape index (κ3) is 6.51. The molecule has 0 N–H and O–H groups in total. The fourth-order valence-corrected chi connectivity index (χ4v) is 2.54. The molecule has 0 amide bonds. The van der Waals surface area contributed by atoms with Crippen LogP contribution in [0.25, 0.3) is 0 Å². The Balaban J connectivity index is 3.63. The normalized spacial score (nSPS) is 14.2. The maximum absolute atomic E-state index is 13.1. The van der Waals surface area contributed by atoms with Gasteiger partial charge >= 0.3 is 17.1 Å². The van der Waals surface area contributed by atoms with Gasteiger partial charge in [0.05, 0.1) is 19.8 Å². The second-order valence-electron chi connectivity index (χ2n) is 7.56. The molecule has 0 aliphatic rings. The topological polar surface area (TPSA) is 93.7 Å². The SMILES string of the molecule is C=C(C)COC(C)n1c(=O)n(C(C)OCC(=C)C)c(=O)n(C(C)OCC(=C)C)c1=O. The highest BCUT2D eigenvalue weighted by Gasteiger charge is 2.25. The number of rotatable bonds is 12. The second-order valence-corrected chi connectivity index (χ2v) is 7.56. The highest BCUT2D eigenvalue weighted by Crippen LogP contribution is 2.09. The van der Waals surface area contributed by atoms with Crippen molar-refractivity contribution in [3.8, 4) is 0 Å². The largest absolute Gasteiger partial charge is 0.354 e. The Hall–Kier alpha value is -2.49. The average Bonchev–Trinajstić information content (AvgIpc) is 2.62. The van der Waals surface area contributed by atoms with Crippen LogP contribution < -0.4 is 17.1 Å². The summed E-state index contributed by atoms with van der Waals surface area (Å²) in [7, 11) is 0. The molecule has 0 aliphatic carbocycles. The number of hydrogen-bond donors (Lipinski definition) is 0. The molecule has 3 atom stereocenters. The highest BCUT2D eigenvalue weighted by atomic mass is 16.5. The van der Waals surface area contributed by atoms with Crippen LogP contribution in [0.5, 0.6) is 0 Å². The van der Waals surface area contributed by atoms with Gasteiger partial charge in [0, 0.05) is 0 Å². The maximum Gasteiger partial charge on any atom is 0.340 e. The fourth-order valence-electron chi connectivity index (χ4n) is 2.54. The van der Waals surface area contributed by atoms with Crippen molar-refractivity contribution in [3.05, 3.63) is 67.9 Å². The average molecular weight is 424 g/mol. The van der Waals surface area contributed by atoms with Crippen LogP contribution in [0.1, 0.15) is 60.2 Å². The first-order chi connectivity index (χ1) is 13.9. The molecule has 0 saturated heterocycles. The second kappa shape index (κ2) is 11.1. The molecule has 9 nitrogen and oxygen atoms in total. The summed E-state index contributed by atoms with van der Waals surface area (Å²) in [5, 5.41) is 0. The Morgan fingerprint density at radius 2 is 0.833 bits per heavy atom. The summed E-state index contributed by atoms with van der Waals surface area (Å²) in [6, 6.07) is 0. The summed E-state index contributed by atoms with van der Waals surface area (Å²) in [4.78, 5) is 39.2. The Labute approximate surface area is 176 Å². The minimum atomic E-state index is -0.943. The lowest BCUT2D eigenvalue weighted by Gasteiger charge is -2.24. The van der Waals surface area contributed by atoms with Crippen molar-refractivity contribution in [1.82, 2.24) is 13.7 Å². The minimum absolute atomic E-state index is 0.148. The van der Waals surface area contributed by atoms with E-state index in [2.05, 4.69) is 19.7 Å². The maximum atomic E-state index is 13.1. The quantitative estimate of drug-likeness (QED) is 0.480. The first-order valence-corrected chi connectivity index (χ1v) is 9.66. The van der Waals surface area contributed by atoms with Crippen molar-refractivity contribution in [2.75, 3.05) is 19.8 Å². The molecule has 0 fully saturated rings. The molecule has 0 aliphatic heterocycles. The van der Waals surface area contributed by atoms with Crippen LogP contribution in [0, 0.1) is 0 Å². The van der Waals surface area contributed by atoms with E-state index in [0.717, 1.165) is 30.4 Å². The summed E-state index contributed by atoms with van der Waals surface area (Å²) < 4.78 is 19.3. The predicted octanol–water partition coefficient (Wildman–Crippen LogP) is 2.51. The lowest BCUT2D eigenvalue weighted by Crippen LogP contribution is -2.57. The minimum Gasteiger partial charge on any atom is -0.354 e. The van der Waals surface area contributed by atoms with E-state index < -0.39 is 35.8 Å². The van der Waals surface area contributed by atoms with Crippen molar-refractivity contribution in [3.63, 3.8) is 0 Å². The molecule has 0 saturated carbocycles. The molecule has 1 aromatic rings. The zero-order valence-corrected chi connectivity index (χ0v) is 18.8. The standard InChI is InChI=1S/C21H33N3O6/c1-13(2)10-28-16(7)22-19(25)23(17(8)29-11-14(3)4)21(27)24(20(22)26)18(9)30-12-15(5)6/h16-18H,1,3,5,10-12H2,2,4,6-9H3. The van der Waals surface area contributed by atoms with Crippen molar-refractivity contribution in [2.24, 2.45) is 0 Å². The van der Waals surface area contributed by atoms with E-state index >= 15 is 0 Å². The van der Waals surface area contributed by atoms with Crippen molar-refractivity contribution < 1.29 is 14.2 Å². The zero-order chi connectivity index (χ0) is 23.2. The van der Waals surface area contributed by atoms with Crippen molar-refractivity contribution >= 4 is 0 Å². The van der Waals surface area contributed by atoms with E-state index in [-0.39, 0.29) is 19.8 Å². The lowest BCUT2D eigenvalue weighted by atomic mass is 10.4. The van der Waals surface area contributed by atoms with Crippen LogP contribution in [0.3, 0.4) is 0 Å². The van der Waals surface area contributed by atoms with E-state index in [1.807, 2.05) is 0 Å². The number of nitrogens with zero attached hydrogens (tertiary/aromatic N) is 3. The summed E-state index contributed by atoms with van der Waals surface area (Å²) >= 11 is 0. The van der Waals surface area contributed by atoms with E-state index in [9.17, 15) is 14.4 Å². The summed E-state index contributed by atoms with van der Waals surface area (Å²) in [5.74, 6) is 0. The van der Waals surface area contributed by atoms with Crippen LogP contribution in [0.2, 0.25) is 0 Å². The first-order valence-electron chi connectivity index (χ1n) is 9.66. The Morgan fingerprint density at radius 3 is 1.00 bits per heavy atom. The molecule has 1 rings (SSSR count). The third-order valence-corrected chi connectivity index (χ3v) is 4.04. The van der Waals surface area contributed by atoms with Crippen molar-refractivity contribution in [1.29, 1.82) is 0 Å². The van der Waals surface area contributed by atoms with E-state index in [1.165, 1.54) is 0 Å². The van der Waals surface area contributed by atoms with E-state index in [0.29, 0.717) is 0 Å². The van der Waals surface area contributed by atoms with Crippen LogP contribution >= 0.6 is 0 Å². The van der Waals surface area contributed by atoms with Gasteiger partial charge in [-0.3, -0.25) is 0 Å². The van der Waals surface area contributed by atoms with Crippen LogP contribution in [-0.4, -0.2) is 33.5 Å². The predicted molar refractivity (Wildman–Crippen MR) is 116 cm³/mol.